The van der Waals surface area contributed by atoms with Gasteiger partial charge >= 0.3 is 6.18 Å². The number of H-pyrrole nitrogens is 1. The van der Waals surface area contributed by atoms with Crippen LogP contribution in [0, 0.1) is 12.8 Å². The molecular weight excluding hydrogens is 279 g/mol. The fraction of sp³-hybridized carbons (Fsp3) is 0.533. The van der Waals surface area contributed by atoms with E-state index in [0.29, 0.717) is 18.5 Å². The third-order valence-corrected chi connectivity index (χ3v) is 4.14. The molecule has 2 atom stereocenters. The molecule has 0 spiro atoms. The predicted octanol–water partition coefficient (Wildman–Crippen LogP) is 4.40. The maximum absolute atomic E-state index is 13.1. The summed E-state index contributed by atoms with van der Waals surface area (Å²) in [6, 6.07) is 4.91. The van der Waals surface area contributed by atoms with Gasteiger partial charge < -0.3 is 10.3 Å². The fourth-order valence-electron chi connectivity index (χ4n) is 3.14. The fourth-order valence-corrected chi connectivity index (χ4v) is 3.14. The monoisotopic (exact) mass is 297 g/mol. The number of rotatable bonds is 2. The van der Waals surface area contributed by atoms with Crippen LogP contribution in [-0.4, -0.2) is 22.2 Å². The van der Waals surface area contributed by atoms with Gasteiger partial charge in [0.15, 0.2) is 0 Å². The summed E-state index contributed by atoms with van der Waals surface area (Å²) >= 11 is 0. The highest BCUT2D eigenvalue weighted by molar-refractivity contribution is 5.79. The zero-order valence-electron chi connectivity index (χ0n) is 11.8. The molecule has 2 aromatic rings. The number of nitrogens with zero attached hydrogens (tertiary/aromatic N) is 1. The molecule has 0 amide bonds. The summed E-state index contributed by atoms with van der Waals surface area (Å²) in [5.41, 5.74) is 2.39. The lowest BCUT2D eigenvalue weighted by Crippen LogP contribution is -2.41. The van der Waals surface area contributed by atoms with Crippen LogP contribution in [0.15, 0.2) is 18.2 Å². The summed E-state index contributed by atoms with van der Waals surface area (Å²) in [6.07, 6.45) is -1.86. The van der Waals surface area contributed by atoms with Crippen LogP contribution in [0.5, 0.6) is 0 Å². The number of imidazole rings is 1. The topological polar surface area (TPSA) is 40.7 Å². The summed E-state index contributed by atoms with van der Waals surface area (Å²) in [5, 5.41) is 3.07. The molecule has 114 valence electrons. The van der Waals surface area contributed by atoms with Gasteiger partial charge in [0.25, 0.3) is 0 Å². The molecule has 1 aliphatic carbocycles. The number of aromatic amines is 1. The second-order valence-electron chi connectivity index (χ2n) is 5.74. The number of alkyl halides is 3. The molecule has 2 N–H and O–H groups in total. The molecule has 3 nitrogen and oxygen atoms in total. The second kappa shape index (κ2) is 5.24. The van der Waals surface area contributed by atoms with E-state index in [2.05, 4.69) is 15.3 Å². The summed E-state index contributed by atoms with van der Waals surface area (Å²) in [4.78, 5) is 7.40. The van der Waals surface area contributed by atoms with Crippen molar-refractivity contribution in [2.24, 2.45) is 5.92 Å². The quantitative estimate of drug-likeness (QED) is 0.862. The van der Waals surface area contributed by atoms with Crippen LogP contribution in [0.25, 0.3) is 11.0 Å². The highest BCUT2D eigenvalue weighted by Crippen LogP contribution is 2.39. The molecule has 2 unspecified atom stereocenters. The average molecular weight is 297 g/mol. The van der Waals surface area contributed by atoms with Crippen molar-refractivity contribution in [2.75, 3.05) is 5.32 Å². The van der Waals surface area contributed by atoms with Crippen LogP contribution in [0.1, 0.15) is 31.5 Å². The molecular formula is C15H18F3N3. The molecule has 0 bridgehead atoms. The number of hydrogen-bond acceptors (Lipinski definition) is 2. The summed E-state index contributed by atoms with van der Waals surface area (Å²) in [5.74, 6) is -0.460. The Hall–Kier alpha value is -1.72. The van der Waals surface area contributed by atoms with Gasteiger partial charge in [-0.2, -0.15) is 13.2 Å². The smallest absolute Gasteiger partial charge is 0.382 e. The molecule has 0 saturated heterocycles. The van der Waals surface area contributed by atoms with Crippen molar-refractivity contribution in [2.45, 2.75) is 44.8 Å². The number of aryl methyl sites for hydroxylation is 1. The highest BCUT2D eigenvalue weighted by Gasteiger charge is 2.45. The van der Waals surface area contributed by atoms with E-state index in [1.807, 2.05) is 19.1 Å². The van der Waals surface area contributed by atoms with Gasteiger partial charge in [-0.1, -0.05) is 12.8 Å². The normalized spacial score (nSPS) is 23.4. The number of benzene rings is 1. The summed E-state index contributed by atoms with van der Waals surface area (Å²) < 4.78 is 39.3. The average Bonchev–Trinajstić information content (AvgIpc) is 2.77. The van der Waals surface area contributed by atoms with Crippen LogP contribution in [0.4, 0.5) is 18.9 Å². The van der Waals surface area contributed by atoms with E-state index in [-0.39, 0.29) is 6.42 Å². The molecule has 21 heavy (non-hydrogen) atoms. The lowest BCUT2D eigenvalue weighted by atomic mass is 9.84. The Labute approximate surface area is 121 Å². The van der Waals surface area contributed by atoms with Gasteiger partial charge in [-0.25, -0.2) is 4.98 Å². The molecule has 1 aromatic heterocycles. The standard InChI is InChI=1S/C15H18F3N3/c1-9-19-13-7-6-10(8-14(13)20-9)21-12-5-3-2-4-11(12)15(16,17)18/h6-8,11-12,21H,2-5H2,1H3,(H,19,20). The van der Waals surface area contributed by atoms with Crippen molar-refractivity contribution < 1.29 is 13.2 Å². The molecule has 1 aromatic carbocycles. The number of halogens is 3. The number of hydrogen-bond donors (Lipinski definition) is 2. The SMILES string of the molecule is Cc1nc2ccc(NC3CCCCC3C(F)(F)F)cc2[nH]1. The Morgan fingerprint density at radius 3 is 2.76 bits per heavy atom. The minimum atomic E-state index is -4.13. The lowest BCUT2D eigenvalue weighted by molar-refractivity contribution is -0.184. The van der Waals surface area contributed by atoms with E-state index in [0.717, 1.165) is 23.3 Å². The molecule has 3 rings (SSSR count). The van der Waals surface area contributed by atoms with Crippen LogP contribution in [0.3, 0.4) is 0 Å². The number of aromatic nitrogens is 2. The molecule has 1 saturated carbocycles. The van der Waals surface area contributed by atoms with Crippen LogP contribution >= 0.6 is 0 Å². The zero-order chi connectivity index (χ0) is 15.0. The Morgan fingerprint density at radius 1 is 1.24 bits per heavy atom. The first-order valence-corrected chi connectivity index (χ1v) is 7.23. The maximum atomic E-state index is 13.1. The first-order chi connectivity index (χ1) is 9.93. The zero-order valence-corrected chi connectivity index (χ0v) is 11.8. The van der Waals surface area contributed by atoms with E-state index in [1.165, 1.54) is 0 Å². The molecule has 6 heteroatoms. The van der Waals surface area contributed by atoms with Gasteiger partial charge in [-0.15, -0.1) is 0 Å². The molecule has 1 heterocycles. The van der Waals surface area contributed by atoms with E-state index in [4.69, 9.17) is 0 Å². The van der Waals surface area contributed by atoms with Gasteiger partial charge in [-0.3, -0.25) is 0 Å². The van der Waals surface area contributed by atoms with Crippen molar-refractivity contribution in [3.05, 3.63) is 24.0 Å². The largest absolute Gasteiger partial charge is 0.393 e. The number of anilines is 1. The van der Waals surface area contributed by atoms with E-state index >= 15 is 0 Å². The third-order valence-electron chi connectivity index (χ3n) is 4.14. The minimum Gasteiger partial charge on any atom is -0.382 e. The molecule has 1 fully saturated rings. The highest BCUT2D eigenvalue weighted by atomic mass is 19.4. The van der Waals surface area contributed by atoms with Gasteiger partial charge in [0.1, 0.15) is 5.82 Å². The molecule has 0 radical (unpaired) electrons. The predicted molar refractivity (Wildman–Crippen MR) is 76.3 cm³/mol. The Bertz CT molecular complexity index is 633. The maximum Gasteiger partial charge on any atom is 0.393 e. The first kappa shape index (κ1) is 14.2. The third kappa shape index (κ3) is 2.99. The van der Waals surface area contributed by atoms with Crippen molar-refractivity contribution in [3.63, 3.8) is 0 Å². The second-order valence-corrected chi connectivity index (χ2v) is 5.74. The van der Waals surface area contributed by atoms with Gasteiger partial charge in [0.2, 0.25) is 0 Å². The summed E-state index contributed by atoms with van der Waals surface area (Å²) in [6.45, 7) is 1.86. The van der Waals surface area contributed by atoms with E-state index < -0.39 is 18.1 Å². The Balaban J connectivity index is 1.82. The van der Waals surface area contributed by atoms with E-state index in [1.54, 1.807) is 6.07 Å². The van der Waals surface area contributed by atoms with Crippen LogP contribution < -0.4 is 5.32 Å². The molecule has 0 aliphatic heterocycles. The van der Waals surface area contributed by atoms with E-state index in [9.17, 15) is 13.2 Å². The van der Waals surface area contributed by atoms with Gasteiger partial charge in [-0.05, 0) is 38.0 Å². The summed E-state index contributed by atoms with van der Waals surface area (Å²) in [7, 11) is 0. The van der Waals surface area contributed by atoms with Gasteiger partial charge in [0.05, 0.1) is 17.0 Å². The van der Waals surface area contributed by atoms with Crippen LogP contribution in [0.2, 0.25) is 0 Å². The number of fused-ring (bicyclic) bond motifs is 1. The van der Waals surface area contributed by atoms with Gasteiger partial charge in [0, 0.05) is 11.7 Å². The molecule has 1 aliphatic rings. The van der Waals surface area contributed by atoms with Crippen LogP contribution in [-0.2, 0) is 0 Å². The Kier molecular flexibility index (Phi) is 3.55. The van der Waals surface area contributed by atoms with Crippen molar-refractivity contribution >= 4 is 16.7 Å². The lowest BCUT2D eigenvalue weighted by Gasteiger charge is -2.34. The minimum absolute atomic E-state index is 0.215. The van der Waals surface area contributed by atoms with Crippen molar-refractivity contribution in [3.8, 4) is 0 Å². The first-order valence-electron chi connectivity index (χ1n) is 7.23. The number of nitrogens with one attached hydrogen (secondary N) is 2. The Morgan fingerprint density at radius 2 is 2.00 bits per heavy atom. The van der Waals surface area contributed by atoms with Crippen molar-refractivity contribution in [1.29, 1.82) is 0 Å². The van der Waals surface area contributed by atoms with Crippen molar-refractivity contribution in [1.82, 2.24) is 9.97 Å².